The van der Waals surface area contributed by atoms with E-state index in [9.17, 15) is 8.42 Å². The fourth-order valence-corrected chi connectivity index (χ4v) is 3.50. The van der Waals surface area contributed by atoms with E-state index in [1.807, 2.05) is 12.3 Å². The van der Waals surface area contributed by atoms with Gasteiger partial charge in [0.1, 0.15) is 15.7 Å². The average molecular weight is 312 g/mol. The van der Waals surface area contributed by atoms with E-state index < -0.39 is 10.0 Å². The average Bonchev–Trinajstić information content (AvgIpc) is 2.93. The highest BCUT2D eigenvalue weighted by atomic mass is 32.2. The van der Waals surface area contributed by atoms with Gasteiger partial charge in [-0.25, -0.2) is 23.1 Å². The number of rotatable bonds is 6. The largest absolute Gasteiger partial charge is 0.370 e. The van der Waals surface area contributed by atoms with Gasteiger partial charge in [-0.3, -0.25) is 0 Å². The normalized spacial score (nSPS) is 13.1. The van der Waals surface area contributed by atoms with E-state index in [4.69, 9.17) is 0 Å². The Bertz CT molecular complexity index is 639. The molecular formula is C12H16N4O2S2. The molecule has 108 valence electrons. The van der Waals surface area contributed by atoms with Crippen molar-refractivity contribution in [2.24, 2.45) is 0 Å². The molecule has 2 heterocycles. The van der Waals surface area contributed by atoms with Crippen LogP contribution in [-0.2, 0) is 10.0 Å². The van der Waals surface area contributed by atoms with Crippen LogP contribution in [0.4, 0.5) is 5.82 Å². The molecule has 0 amide bonds. The van der Waals surface area contributed by atoms with Crippen LogP contribution in [0.15, 0.2) is 34.8 Å². The Hall–Kier alpha value is -1.51. The maximum Gasteiger partial charge on any atom is 0.242 e. The van der Waals surface area contributed by atoms with Crippen molar-refractivity contribution >= 4 is 27.2 Å². The monoisotopic (exact) mass is 312 g/mol. The van der Waals surface area contributed by atoms with Crippen LogP contribution in [0.1, 0.15) is 24.9 Å². The zero-order valence-electron chi connectivity index (χ0n) is 11.2. The van der Waals surface area contributed by atoms with Crippen molar-refractivity contribution in [1.82, 2.24) is 14.7 Å². The Morgan fingerprint density at radius 1 is 1.35 bits per heavy atom. The van der Waals surface area contributed by atoms with Crippen LogP contribution in [0.3, 0.4) is 0 Å². The Balaban J connectivity index is 2.13. The number of hydrogen-bond acceptors (Lipinski definition) is 6. The molecule has 2 aromatic heterocycles. The zero-order valence-corrected chi connectivity index (χ0v) is 12.8. The molecule has 0 fully saturated rings. The molecule has 2 rings (SSSR count). The van der Waals surface area contributed by atoms with Gasteiger partial charge >= 0.3 is 0 Å². The standard InChI is InChI=1S/C12H16N4O2S2/c1-3-13-11-5-4-10(8-15-11)20(17,18)16-9(2)12-14-6-7-19-12/h4-9,16H,3H2,1-2H3,(H,13,15). The topological polar surface area (TPSA) is 84.0 Å². The lowest BCUT2D eigenvalue weighted by Crippen LogP contribution is -2.27. The molecule has 20 heavy (non-hydrogen) atoms. The summed E-state index contributed by atoms with van der Waals surface area (Å²) in [6.07, 6.45) is 2.99. The van der Waals surface area contributed by atoms with Crippen molar-refractivity contribution in [2.45, 2.75) is 24.8 Å². The highest BCUT2D eigenvalue weighted by molar-refractivity contribution is 7.89. The molecular weight excluding hydrogens is 296 g/mol. The number of thiazole rings is 1. The van der Waals surface area contributed by atoms with Crippen LogP contribution in [0.25, 0.3) is 0 Å². The first-order valence-corrected chi connectivity index (χ1v) is 8.51. The van der Waals surface area contributed by atoms with Gasteiger partial charge in [-0.15, -0.1) is 11.3 Å². The quantitative estimate of drug-likeness (QED) is 0.852. The SMILES string of the molecule is CCNc1ccc(S(=O)(=O)NC(C)c2nccs2)cn1. The summed E-state index contributed by atoms with van der Waals surface area (Å²) in [5.74, 6) is 0.652. The van der Waals surface area contributed by atoms with E-state index >= 15 is 0 Å². The Kier molecular flexibility index (Phi) is 4.69. The summed E-state index contributed by atoms with van der Waals surface area (Å²) in [5.41, 5.74) is 0. The number of aromatic nitrogens is 2. The Morgan fingerprint density at radius 2 is 2.15 bits per heavy atom. The fraction of sp³-hybridized carbons (Fsp3) is 0.333. The molecule has 8 heteroatoms. The maximum absolute atomic E-state index is 12.2. The van der Waals surface area contributed by atoms with Crippen molar-refractivity contribution in [1.29, 1.82) is 0 Å². The second kappa shape index (κ2) is 6.29. The number of nitrogens with zero attached hydrogens (tertiary/aromatic N) is 2. The molecule has 1 atom stereocenters. The third-order valence-corrected chi connectivity index (χ3v) is 5.04. The van der Waals surface area contributed by atoms with E-state index in [0.29, 0.717) is 5.82 Å². The highest BCUT2D eigenvalue weighted by Gasteiger charge is 2.20. The van der Waals surface area contributed by atoms with Gasteiger partial charge in [0.05, 0.1) is 6.04 Å². The summed E-state index contributed by atoms with van der Waals surface area (Å²) in [5, 5.41) is 5.55. The van der Waals surface area contributed by atoms with Crippen molar-refractivity contribution in [3.63, 3.8) is 0 Å². The summed E-state index contributed by atoms with van der Waals surface area (Å²) in [6, 6.07) is 2.81. The number of anilines is 1. The molecule has 0 aliphatic heterocycles. The van der Waals surface area contributed by atoms with E-state index in [0.717, 1.165) is 11.6 Å². The minimum Gasteiger partial charge on any atom is -0.370 e. The van der Waals surface area contributed by atoms with Gasteiger partial charge in [0, 0.05) is 24.3 Å². The van der Waals surface area contributed by atoms with Gasteiger partial charge in [0.15, 0.2) is 0 Å². The molecule has 0 aliphatic carbocycles. The lowest BCUT2D eigenvalue weighted by Gasteiger charge is -2.12. The van der Waals surface area contributed by atoms with Gasteiger partial charge < -0.3 is 5.32 Å². The maximum atomic E-state index is 12.2. The summed E-state index contributed by atoms with van der Waals surface area (Å²) in [4.78, 5) is 8.30. The van der Waals surface area contributed by atoms with Crippen molar-refractivity contribution < 1.29 is 8.42 Å². The van der Waals surface area contributed by atoms with Crippen molar-refractivity contribution in [3.8, 4) is 0 Å². The Morgan fingerprint density at radius 3 is 2.70 bits per heavy atom. The van der Waals surface area contributed by atoms with Crippen LogP contribution in [-0.4, -0.2) is 24.9 Å². The molecule has 0 aliphatic rings. The van der Waals surface area contributed by atoms with Crippen molar-refractivity contribution in [2.75, 3.05) is 11.9 Å². The van der Waals surface area contributed by atoms with Gasteiger partial charge in [-0.05, 0) is 26.0 Å². The summed E-state index contributed by atoms with van der Waals surface area (Å²) in [6.45, 7) is 4.44. The first kappa shape index (κ1) is 14.9. The summed E-state index contributed by atoms with van der Waals surface area (Å²) >= 11 is 1.41. The van der Waals surface area contributed by atoms with Crippen molar-refractivity contribution in [3.05, 3.63) is 34.9 Å². The van der Waals surface area contributed by atoms with Gasteiger partial charge in [-0.1, -0.05) is 0 Å². The lowest BCUT2D eigenvalue weighted by molar-refractivity contribution is 0.566. The second-order valence-electron chi connectivity index (χ2n) is 4.12. The lowest BCUT2D eigenvalue weighted by atomic mass is 10.4. The molecule has 0 spiro atoms. The van der Waals surface area contributed by atoms with Gasteiger partial charge in [0.25, 0.3) is 0 Å². The smallest absolute Gasteiger partial charge is 0.242 e. The van der Waals surface area contributed by atoms with E-state index in [1.165, 1.54) is 23.6 Å². The fourth-order valence-electron chi connectivity index (χ4n) is 1.62. The Labute approximate surface area is 122 Å². The number of nitrogens with one attached hydrogen (secondary N) is 2. The van der Waals surface area contributed by atoms with Crippen LogP contribution >= 0.6 is 11.3 Å². The predicted molar refractivity (Wildman–Crippen MR) is 79.3 cm³/mol. The highest BCUT2D eigenvalue weighted by Crippen LogP contribution is 2.18. The number of sulfonamides is 1. The molecule has 6 nitrogen and oxygen atoms in total. The molecule has 0 saturated heterocycles. The number of hydrogen-bond donors (Lipinski definition) is 2. The molecule has 0 aromatic carbocycles. The molecule has 0 bridgehead atoms. The van der Waals surface area contributed by atoms with Gasteiger partial charge in [0.2, 0.25) is 10.0 Å². The predicted octanol–water partition coefficient (Wildman–Crippen LogP) is 2.01. The second-order valence-corrected chi connectivity index (χ2v) is 6.76. The zero-order chi connectivity index (χ0) is 14.6. The number of pyridine rings is 1. The van der Waals surface area contributed by atoms with E-state index in [2.05, 4.69) is 20.0 Å². The molecule has 0 saturated carbocycles. The van der Waals surface area contributed by atoms with Crippen LogP contribution in [0.5, 0.6) is 0 Å². The minimum atomic E-state index is -3.59. The van der Waals surface area contributed by atoms with E-state index in [-0.39, 0.29) is 10.9 Å². The van der Waals surface area contributed by atoms with Crippen LogP contribution in [0, 0.1) is 0 Å². The van der Waals surface area contributed by atoms with Crippen LogP contribution in [0.2, 0.25) is 0 Å². The van der Waals surface area contributed by atoms with Crippen LogP contribution < -0.4 is 10.0 Å². The molecule has 1 unspecified atom stereocenters. The first-order valence-electron chi connectivity index (χ1n) is 6.14. The summed E-state index contributed by atoms with van der Waals surface area (Å²) < 4.78 is 27.0. The molecule has 2 N–H and O–H groups in total. The third kappa shape index (κ3) is 3.53. The molecule has 0 radical (unpaired) electrons. The third-order valence-electron chi connectivity index (χ3n) is 2.56. The minimum absolute atomic E-state index is 0.141. The molecule has 2 aromatic rings. The van der Waals surface area contributed by atoms with E-state index in [1.54, 1.807) is 19.2 Å². The first-order chi connectivity index (χ1) is 9.53. The van der Waals surface area contributed by atoms with Gasteiger partial charge in [-0.2, -0.15) is 0 Å². The summed E-state index contributed by atoms with van der Waals surface area (Å²) in [7, 11) is -3.59.